The fourth-order valence-corrected chi connectivity index (χ4v) is 3.93. The molecule has 0 radical (unpaired) electrons. The molecule has 2 N–H and O–H groups in total. The summed E-state index contributed by atoms with van der Waals surface area (Å²) in [6.07, 6.45) is 11.3. The van der Waals surface area contributed by atoms with Crippen LogP contribution in [0.5, 0.6) is 0 Å². The number of nitrogens with zero attached hydrogens (tertiary/aromatic N) is 7. The maximum absolute atomic E-state index is 9.95. The van der Waals surface area contributed by atoms with Crippen LogP contribution in [0.15, 0.2) is 36.0 Å². The predicted molar refractivity (Wildman–Crippen MR) is 114 cm³/mol. The highest BCUT2D eigenvalue weighted by molar-refractivity contribution is 5.77. The summed E-state index contributed by atoms with van der Waals surface area (Å²) < 4.78 is 3.88. The second-order valence-corrected chi connectivity index (χ2v) is 7.76. The average molecular weight is 412 g/mol. The maximum atomic E-state index is 9.95. The van der Waals surface area contributed by atoms with Gasteiger partial charge in [0.1, 0.15) is 0 Å². The van der Waals surface area contributed by atoms with Crippen molar-refractivity contribution in [3.8, 4) is 11.3 Å². The zero-order valence-electron chi connectivity index (χ0n) is 17.5. The van der Waals surface area contributed by atoms with E-state index in [4.69, 9.17) is 10.1 Å². The topological polar surface area (TPSA) is 104 Å². The lowest BCUT2D eigenvalue weighted by molar-refractivity contribution is 0.0923. The van der Waals surface area contributed by atoms with Crippen LogP contribution >= 0.6 is 0 Å². The molecule has 0 saturated heterocycles. The van der Waals surface area contributed by atoms with E-state index in [1.54, 1.807) is 6.20 Å². The van der Waals surface area contributed by atoms with Gasteiger partial charge < -0.3 is 10.2 Å². The minimum Gasteiger partial charge on any atom is -0.396 e. The van der Waals surface area contributed by atoms with Gasteiger partial charge in [0.05, 0.1) is 60.1 Å². The normalized spacial score (nSPS) is 17.5. The molecule has 0 fully saturated rings. The van der Waals surface area contributed by atoms with Gasteiger partial charge in [-0.05, 0) is 25.3 Å². The summed E-state index contributed by atoms with van der Waals surface area (Å²) in [5, 5.41) is 34.2. The highest BCUT2D eigenvalue weighted by atomic mass is 16.3. The van der Waals surface area contributed by atoms with Crippen molar-refractivity contribution in [3.05, 3.63) is 36.5 Å². The standard InChI is InChI=1S/C21H29N7O2/c1-3-17(4-2)27-12-16(10-24-27)21-20-5-7-22-28(20)14-19(25-21)15-9-23-26(11-15)13-18(30)6-8-29/h5,7,9-10,12,14-15,17-18,29-30H,3-4,6,8,11,13H2,1-2H3/t15?,18-/m0/s1. The van der Waals surface area contributed by atoms with Gasteiger partial charge in [-0.2, -0.15) is 15.3 Å². The molecule has 4 heterocycles. The van der Waals surface area contributed by atoms with Gasteiger partial charge in [0, 0.05) is 31.1 Å². The molecule has 4 rings (SSSR count). The van der Waals surface area contributed by atoms with Gasteiger partial charge in [0.15, 0.2) is 0 Å². The van der Waals surface area contributed by atoms with Gasteiger partial charge in [-0.3, -0.25) is 9.69 Å². The van der Waals surface area contributed by atoms with Gasteiger partial charge in [-0.1, -0.05) is 13.8 Å². The average Bonchev–Trinajstić information content (AvgIpc) is 3.49. The van der Waals surface area contributed by atoms with Crippen LogP contribution in [0.3, 0.4) is 0 Å². The lowest BCUT2D eigenvalue weighted by Crippen LogP contribution is -2.29. The van der Waals surface area contributed by atoms with Crippen molar-refractivity contribution >= 4 is 11.7 Å². The molecule has 3 aromatic rings. The molecule has 30 heavy (non-hydrogen) atoms. The number of β-amino-alcohol motifs (C(OH)–C–C–N with tert-alkyl or cyclic N) is 1. The number of hydrogen-bond donors (Lipinski definition) is 2. The molecule has 160 valence electrons. The first kappa shape index (κ1) is 20.5. The Hall–Kier alpha value is -2.78. The van der Waals surface area contributed by atoms with E-state index in [1.165, 1.54) is 0 Å². The monoisotopic (exact) mass is 411 g/mol. The Labute approximate surface area is 175 Å². The van der Waals surface area contributed by atoms with E-state index < -0.39 is 6.10 Å². The molecule has 1 unspecified atom stereocenters. The van der Waals surface area contributed by atoms with Crippen LogP contribution in [0.4, 0.5) is 0 Å². The highest BCUT2D eigenvalue weighted by Crippen LogP contribution is 2.28. The van der Waals surface area contributed by atoms with E-state index in [0.717, 1.165) is 35.3 Å². The third-order valence-corrected chi connectivity index (χ3v) is 5.68. The third-order valence-electron chi connectivity index (χ3n) is 5.68. The van der Waals surface area contributed by atoms with E-state index in [9.17, 15) is 5.11 Å². The number of aliphatic hydroxyl groups excluding tert-OH is 2. The van der Waals surface area contributed by atoms with Crippen molar-refractivity contribution < 1.29 is 10.2 Å². The van der Waals surface area contributed by atoms with Crippen LogP contribution in [0.1, 0.15) is 50.8 Å². The highest BCUT2D eigenvalue weighted by Gasteiger charge is 2.24. The summed E-state index contributed by atoms with van der Waals surface area (Å²) in [6, 6.07) is 2.34. The number of rotatable bonds is 9. The maximum Gasteiger partial charge on any atom is 0.0995 e. The fourth-order valence-electron chi connectivity index (χ4n) is 3.93. The molecular formula is C21H29N7O2. The molecule has 0 saturated carbocycles. The quantitative estimate of drug-likeness (QED) is 0.559. The minimum atomic E-state index is -0.598. The Kier molecular flexibility index (Phi) is 6.10. The molecule has 0 amide bonds. The Morgan fingerprint density at radius 3 is 2.80 bits per heavy atom. The number of aliphatic hydroxyl groups is 2. The number of fused-ring (bicyclic) bond motifs is 1. The summed E-state index contributed by atoms with van der Waals surface area (Å²) in [5.41, 5.74) is 3.64. The van der Waals surface area contributed by atoms with Crippen molar-refractivity contribution in [2.45, 2.75) is 51.2 Å². The first-order valence-corrected chi connectivity index (χ1v) is 10.6. The molecule has 0 aliphatic carbocycles. The van der Waals surface area contributed by atoms with Crippen LogP contribution < -0.4 is 0 Å². The van der Waals surface area contributed by atoms with Crippen molar-refractivity contribution in [3.63, 3.8) is 0 Å². The lowest BCUT2D eigenvalue weighted by Gasteiger charge is -2.19. The fraction of sp³-hybridized carbons (Fsp3) is 0.524. The summed E-state index contributed by atoms with van der Waals surface area (Å²) >= 11 is 0. The van der Waals surface area contributed by atoms with Crippen LogP contribution in [-0.4, -0.2) is 71.6 Å². The van der Waals surface area contributed by atoms with Gasteiger partial charge in [-0.25, -0.2) is 9.50 Å². The number of aromatic nitrogens is 5. The van der Waals surface area contributed by atoms with E-state index in [0.29, 0.717) is 25.6 Å². The first-order valence-electron chi connectivity index (χ1n) is 10.6. The summed E-state index contributed by atoms with van der Waals surface area (Å²) in [6.45, 7) is 5.34. The van der Waals surface area contributed by atoms with Gasteiger partial charge in [0.2, 0.25) is 0 Å². The molecular weight excluding hydrogens is 382 g/mol. The molecule has 9 nitrogen and oxygen atoms in total. The Balaban J connectivity index is 1.61. The van der Waals surface area contributed by atoms with Gasteiger partial charge in [-0.15, -0.1) is 0 Å². The van der Waals surface area contributed by atoms with Crippen LogP contribution in [0.25, 0.3) is 16.8 Å². The summed E-state index contributed by atoms with van der Waals surface area (Å²) in [4.78, 5) is 4.97. The van der Waals surface area contributed by atoms with E-state index in [2.05, 4.69) is 35.3 Å². The molecule has 1 aliphatic heterocycles. The molecule has 1 aliphatic rings. The molecule has 0 spiro atoms. The minimum absolute atomic E-state index is 0.00718. The van der Waals surface area contributed by atoms with E-state index in [-0.39, 0.29) is 12.5 Å². The largest absolute Gasteiger partial charge is 0.396 e. The number of hydrazone groups is 1. The summed E-state index contributed by atoms with van der Waals surface area (Å²) in [5.74, 6) is 0.00718. The summed E-state index contributed by atoms with van der Waals surface area (Å²) in [7, 11) is 0. The van der Waals surface area contributed by atoms with Crippen molar-refractivity contribution in [2.24, 2.45) is 5.10 Å². The van der Waals surface area contributed by atoms with Gasteiger partial charge >= 0.3 is 0 Å². The number of hydrogen-bond acceptors (Lipinski definition) is 7. The smallest absolute Gasteiger partial charge is 0.0995 e. The molecule has 3 aromatic heterocycles. The van der Waals surface area contributed by atoms with Crippen molar-refractivity contribution in [1.82, 2.24) is 29.4 Å². The van der Waals surface area contributed by atoms with Crippen LogP contribution in [0, 0.1) is 0 Å². The zero-order valence-corrected chi connectivity index (χ0v) is 17.5. The molecule has 0 bridgehead atoms. The molecule has 0 aromatic carbocycles. The van der Waals surface area contributed by atoms with Gasteiger partial charge in [0.25, 0.3) is 0 Å². The SMILES string of the molecule is CCC(CC)n1cc(-c2nc(C3C=NN(C[C@@H](O)CCO)C3)cn3nccc23)cn1. The van der Waals surface area contributed by atoms with Crippen molar-refractivity contribution in [2.75, 3.05) is 19.7 Å². The second kappa shape index (κ2) is 8.93. The Bertz CT molecular complexity index is 1010. The predicted octanol–water partition coefficient (Wildman–Crippen LogP) is 2.08. The third kappa shape index (κ3) is 4.08. The molecule has 9 heteroatoms. The first-order chi connectivity index (χ1) is 14.6. The van der Waals surface area contributed by atoms with Crippen LogP contribution in [-0.2, 0) is 0 Å². The van der Waals surface area contributed by atoms with Crippen molar-refractivity contribution in [1.29, 1.82) is 0 Å². The molecule has 2 atom stereocenters. The Morgan fingerprint density at radius 2 is 2.03 bits per heavy atom. The van der Waals surface area contributed by atoms with Crippen LogP contribution in [0.2, 0.25) is 0 Å². The Morgan fingerprint density at radius 1 is 1.20 bits per heavy atom. The second-order valence-electron chi connectivity index (χ2n) is 7.76. The zero-order chi connectivity index (χ0) is 21.1. The van der Waals surface area contributed by atoms with E-state index in [1.807, 2.05) is 38.9 Å². The van der Waals surface area contributed by atoms with E-state index >= 15 is 0 Å². The lowest BCUT2D eigenvalue weighted by atomic mass is 10.1.